The monoisotopic (exact) mass is 431 g/mol. The van der Waals surface area contributed by atoms with Crippen molar-refractivity contribution in [2.24, 2.45) is 5.73 Å². The maximum absolute atomic E-state index is 13.0. The topological polar surface area (TPSA) is 146 Å². The summed E-state index contributed by atoms with van der Waals surface area (Å²) in [5, 5.41) is 23.5. The molecule has 0 atom stereocenters. The average Bonchev–Trinajstić information content (AvgIpc) is 3.50. The molecule has 32 heavy (non-hydrogen) atoms. The number of hydrogen-bond donors (Lipinski definition) is 4. The molecule has 0 aliphatic heterocycles. The van der Waals surface area contributed by atoms with E-state index in [1.165, 1.54) is 18.5 Å². The van der Waals surface area contributed by atoms with Crippen molar-refractivity contribution >= 4 is 28.7 Å². The third-order valence-electron chi connectivity index (χ3n) is 5.89. The Morgan fingerprint density at radius 2 is 1.84 bits per heavy atom. The van der Waals surface area contributed by atoms with Crippen LogP contribution in [-0.4, -0.2) is 43.6 Å². The van der Waals surface area contributed by atoms with Crippen LogP contribution in [0.25, 0.3) is 5.65 Å². The van der Waals surface area contributed by atoms with Crippen molar-refractivity contribution in [1.82, 2.24) is 19.6 Å². The van der Waals surface area contributed by atoms with Gasteiger partial charge in [-0.05, 0) is 50.7 Å². The van der Waals surface area contributed by atoms with E-state index in [9.17, 15) is 4.79 Å². The van der Waals surface area contributed by atoms with Gasteiger partial charge in [-0.25, -0.2) is 14.5 Å². The number of carbonyl (C=O) groups excluding carboxylic acids is 1. The van der Waals surface area contributed by atoms with Gasteiger partial charge in [0.1, 0.15) is 17.6 Å². The van der Waals surface area contributed by atoms with Crippen LogP contribution < -0.4 is 21.7 Å². The smallest absolute Gasteiger partial charge is 0.276 e. The molecule has 0 radical (unpaired) electrons. The van der Waals surface area contributed by atoms with Gasteiger partial charge < -0.3 is 21.7 Å². The fourth-order valence-electron chi connectivity index (χ4n) is 3.98. The fourth-order valence-corrected chi connectivity index (χ4v) is 3.98. The van der Waals surface area contributed by atoms with Gasteiger partial charge in [-0.1, -0.05) is 0 Å². The Balaban J connectivity index is 1.44. The van der Waals surface area contributed by atoms with Crippen molar-refractivity contribution in [2.45, 2.75) is 56.7 Å². The molecule has 2 aliphatic carbocycles. The molecule has 5 rings (SSSR count). The molecular weight excluding hydrogens is 406 g/mol. The third kappa shape index (κ3) is 4.33. The first-order valence-corrected chi connectivity index (χ1v) is 10.9. The lowest BCUT2D eigenvalue weighted by Gasteiger charge is -2.27. The summed E-state index contributed by atoms with van der Waals surface area (Å²) in [6.45, 7) is 0. The fraction of sp³-hybridized carbons (Fsp3) is 0.409. The maximum Gasteiger partial charge on any atom is 0.276 e. The first-order valence-electron chi connectivity index (χ1n) is 10.9. The predicted molar refractivity (Wildman–Crippen MR) is 120 cm³/mol. The van der Waals surface area contributed by atoms with E-state index in [2.05, 4.69) is 31.0 Å². The number of nitrogens with two attached hydrogens (primary N) is 1. The minimum atomic E-state index is -0.363. The Hall–Kier alpha value is -3.71. The van der Waals surface area contributed by atoms with Gasteiger partial charge in [0.05, 0.1) is 11.9 Å². The molecule has 2 saturated carbocycles. The lowest BCUT2D eigenvalue weighted by atomic mass is 9.92. The highest BCUT2D eigenvalue weighted by Crippen LogP contribution is 2.29. The third-order valence-corrected chi connectivity index (χ3v) is 5.89. The van der Waals surface area contributed by atoms with Gasteiger partial charge >= 0.3 is 0 Å². The van der Waals surface area contributed by atoms with Gasteiger partial charge in [0.25, 0.3) is 5.91 Å². The lowest BCUT2D eigenvalue weighted by Crippen LogP contribution is -2.33. The number of anilines is 3. The summed E-state index contributed by atoms with van der Waals surface area (Å²) < 4.78 is 1.57. The van der Waals surface area contributed by atoms with E-state index in [0.29, 0.717) is 34.9 Å². The van der Waals surface area contributed by atoms with Crippen molar-refractivity contribution < 1.29 is 4.79 Å². The number of fused-ring (bicyclic) bond motifs is 1. The van der Waals surface area contributed by atoms with Crippen LogP contribution in [0.15, 0.2) is 30.6 Å². The number of hydrogen-bond acceptors (Lipinski definition) is 8. The molecule has 0 aromatic carbocycles. The molecule has 3 aromatic rings. The molecule has 0 unspecified atom stereocenters. The molecular formula is C22H25N9O. The summed E-state index contributed by atoms with van der Waals surface area (Å²) >= 11 is 0. The number of nitriles is 1. The lowest BCUT2D eigenvalue weighted by molar-refractivity contribution is 0.102. The van der Waals surface area contributed by atoms with Gasteiger partial charge in [-0.3, -0.25) is 4.79 Å². The zero-order valence-corrected chi connectivity index (χ0v) is 17.6. The second kappa shape index (κ2) is 8.43. The second-order valence-corrected chi connectivity index (χ2v) is 8.49. The molecule has 2 aliphatic rings. The van der Waals surface area contributed by atoms with Crippen LogP contribution in [0.1, 0.15) is 54.7 Å². The molecule has 0 saturated heterocycles. The molecule has 1 amide bonds. The Labute approximate surface area is 185 Å². The van der Waals surface area contributed by atoms with Crippen LogP contribution in [0.3, 0.4) is 0 Å². The Kier molecular flexibility index (Phi) is 5.33. The van der Waals surface area contributed by atoms with E-state index < -0.39 is 0 Å². The quantitative estimate of drug-likeness (QED) is 0.466. The van der Waals surface area contributed by atoms with Crippen molar-refractivity contribution in [3.63, 3.8) is 0 Å². The number of aromatic nitrogens is 4. The van der Waals surface area contributed by atoms with Crippen LogP contribution in [-0.2, 0) is 0 Å². The Morgan fingerprint density at radius 1 is 1.09 bits per heavy atom. The van der Waals surface area contributed by atoms with Crippen LogP contribution in [0, 0.1) is 11.3 Å². The molecule has 10 heteroatoms. The van der Waals surface area contributed by atoms with Crippen molar-refractivity contribution in [3.05, 3.63) is 42.0 Å². The molecule has 3 heterocycles. The van der Waals surface area contributed by atoms with Gasteiger partial charge in [0, 0.05) is 36.1 Å². The summed E-state index contributed by atoms with van der Waals surface area (Å²) in [6.07, 6.45) is 9.21. The summed E-state index contributed by atoms with van der Waals surface area (Å²) in [5.74, 6) is 0.335. The average molecular weight is 432 g/mol. The number of pyridine rings is 1. The van der Waals surface area contributed by atoms with Gasteiger partial charge in [0.15, 0.2) is 11.3 Å². The van der Waals surface area contributed by atoms with Gasteiger partial charge in [-0.2, -0.15) is 5.26 Å². The normalized spacial score (nSPS) is 20.5. The second-order valence-electron chi connectivity index (χ2n) is 8.49. The maximum atomic E-state index is 13.0. The van der Waals surface area contributed by atoms with E-state index >= 15 is 0 Å². The largest absolute Gasteiger partial charge is 0.379 e. The molecule has 10 nitrogen and oxygen atoms in total. The molecule has 3 aromatic heterocycles. The van der Waals surface area contributed by atoms with E-state index in [0.717, 1.165) is 44.2 Å². The predicted octanol–water partition coefficient (Wildman–Crippen LogP) is 2.50. The number of imidazole rings is 1. The van der Waals surface area contributed by atoms with E-state index in [1.54, 1.807) is 10.6 Å². The van der Waals surface area contributed by atoms with Gasteiger partial charge in [-0.15, -0.1) is 5.10 Å². The van der Waals surface area contributed by atoms with Crippen molar-refractivity contribution in [2.75, 3.05) is 16.0 Å². The highest BCUT2D eigenvalue weighted by atomic mass is 16.2. The van der Waals surface area contributed by atoms with Crippen LogP contribution in [0.4, 0.5) is 17.2 Å². The Bertz CT molecular complexity index is 1190. The zero-order valence-electron chi connectivity index (χ0n) is 17.6. The standard InChI is InChI=1S/C22H25N9O/c23-11-17-9-16(7-8-25-17)29-22(32)19-12-26-21-18(27-14-5-6-14)10-20(30-31(19)21)28-15-3-1-13(24)2-4-15/h7-10,12-15,27H,1-6,24H2,(H,28,30)(H,25,29,32). The van der Waals surface area contributed by atoms with Crippen LogP contribution in [0.2, 0.25) is 0 Å². The van der Waals surface area contributed by atoms with Crippen molar-refractivity contribution in [1.29, 1.82) is 5.26 Å². The van der Waals surface area contributed by atoms with Gasteiger partial charge in [0.2, 0.25) is 0 Å². The molecule has 0 bridgehead atoms. The van der Waals surface area contributed by atoms with Crippen molar-refractivity contribution in [3.8, 4) is 6.07 Å². The minimum Gasteiger partial charge on any atom is -0.379 e. The molecule has 2 fully saturated rings. The number of amides is 1. The minimum absolute atomic E-state index is 0.230. The Morgan fingerprint density at radius 3 is 2.59 bits per heavy atom. The highest BCUT2D eigenvalue weighted by molar-refractivity contribution is 6.03. The van der Waals surface area contributed by atoms with E-state index in [1.807, 2.05) is 12.1 Å². The first-order chi connectivity index (χ1) is 15.6. The number of carbonyl (C=O) groups is 1. The summed E-state index contributed by atoms with van der Waals surface area (Å²) in [4.78, 5) is 21.4. The summed E-state index contributed by atoms with van der Waals surface area (Å²) in [7, 11) is 0. The molecule has 164 valence electrons. The van der Waals surface area contributed by atoms with E-state index in [4.69, 9.17) is 11.0 Å². The molecule has 5 N–H and O–H groups in total. The highest BCUT2D eigenvalue weighted by Gasteiger charge is 2.25. The molecule has 0 spiro atoms. The summed E-state index contributed by atoms with van der Waals surface area (Å²) in [5.41, 5.74) is 8.52. The number of nitrogens with one attached hydrogen (secondary N) is 3. The van der Waals surface area contributed by atoms with E-state index in [-0.39, 0.29) is 17.6 Å². The number of rotatable bonds is 6. The van der Waals surface area contributed by atoms with Crippen LogP contribution >= 0.6 is 0 Å². The number of nitrogens with zero attached hydrogens (tertiary/aromatic N) is 5. The first kappa shape index (κ1) is 20.2. The van der Waals surface area contributed by atoms with Crippen LogP contribution in [0.5, 0.6) is 0 Å². The zero-order chi connectivity index (χ0) is 22.1. The summed E-state index contributed by atoms with van der Waals surface area (Å²) in [6, 6.07) is 8.10. The SMILES string of the molecule is N#Cc1cc(NC(=O)c2cnc3c(NC4CC4)cc(NC4CCC(N)CC4)nn23)ccn1.